The molecule has 2 unspecified atom stereocenters. The molecular weight excluding hydrogens is 294 g/mol. The van der Waals surface area contributed by atoms with Crippen LogP contribution < -0.4 is 0 Å². The van der Waals surface area contributed by atoms with Gasteiger partial charge in [0.1, 0.15) is 6.10 Å². The van der Waals surface area contributed by atoms with Gasteiger partial charge in [-0.3, -0.25) is 14.9 Å². The Morgan fingerprint density at radius 2 is 1.65 bits per heavy atom. The molecule has 0 aliphatic carbocycles. The molecule has 131 valence electrons. The SMILES string of the molecule is CCCCCC#CCC(O)C(CCCCCCC[C]=O)[N+](=O)[O-]. The van der Waals surface area contributed by atoms with E-state index in [9.17, 15) is 20.0 Å². The monoisotopic (exact) mass is 324 g/mol. The molecule has 0 bridgehead atoms. The van der Waals surface area contributed by atoms with E-state index in [2.05, 4.69) is 18.8 Å². The van der Waals surface area contributed by atoms with Crippen LogP contribution in [0.25, 0.3) is 0 Å². The van der Waals surface area contributed by atoms with Gasteiger partial charge in [0, 0.05) is 30.6 Å². The van der Waals surface area contributed by atoms with Crippen molar-refractivity contribution in [2.45, 2.75) is 96.1 Å². The highest BCUT2D eigenvalue weighted by molar-refractivity contribution is 5.50. The molecule has 1 N–H and O–H groups in total. The largest absolute Gasteiger partial charge is 0.385 e. The summed E-state index contributed by atoms with van der Waals surface area (Å²) < 4.78 is 0. The fourth-order valence-corrected chi connectivity index (χ4v) is 2.38. The highest BCUT2D eigenvalue weighted by Crippen LogP contribution is 2.14. The second-order valence-electron chi connectivity index (χ2n) is 5.89. The first-order chi connectivity index (χ1) is 11.1. The zero-order valence-electron chi connectivity index (χ0n) is 14.3. The van der Waals surface area contributed by atoms with Gasteiger partial charge in [-0.2, -0.15) is 0 Å². The summed E-state index contributed by atoms with van der Waals surface area (Å²) in [5, 5.41) is 21.0. The molecule has 0 heterocycles. The molecule has 0 rings (SSSR count). The zero-order chi connectivity index (χ0) is 17.3. The predicted molar refractivity (Wildman–Crippen MR) is 91.3 cm³/mol. The molecule has 5 nitrogen and oxygen atoms in total. The Labute approximate surface area is 140 Å². The predicted octanol–water partition coefficient (Wildman–Crippen LogP) is 3.81. The van der Waals surface area contributed by atoms with Gasteiger partial charge in [-0.05, 0) is 19.3 Å². The van der Waals surface area contributed by atoms with Crippen LogP contribution in [0.15, 0.2) is 0 Å². The Morgan fingerprint density at radius 3 is 2.30 bits per heavy atom. The molecule has 0 saturated heterocycles. The van der Waals surface area contributed by atoms with Crippen molar-refractivity contribution in [3.8, 4) is 11.8 Å². The molecule has 0 aromatic rings. The Morgan fingerprint density at radius 1 is 1.00 bits per heavy atom. The average molecular weight is 324 g/mol. The van der Waals surface area contributed by atoms with Gasteiger partial charge < -0.3 is 5.11 Å². The van der Waals surface area contributed by atoms with Crippen LogP contribution >= 0.6 is 0 Å². The second-order valence-corrected chi connectivity index (χ2v) is 5.89. The van der Waals surface area contributed by atoms with Gasteiger partial charge in [0.15, 0.2) is 6.29 Å². The lowest BCUT2D eigenvalue weighted by atomic mass is 10.0. The van der Waals surface area contributed by atoms with Crippen LogP contribution in [0.5, 0.6) is 0 Å². The molecule has 0 spiro atoms. The molecule has 0 amide bonds. The van der Waals surface area contributed by atoms with Crippen LogP contribution in [0.2, 0.25) is 0 Å². The summed E-state index contributed by atoms with van der Waals surface area (Å²) in [6.45, 7) is 2.12. The Hall–Kier alpha value is -1.41. The number of hydrogen-bond acceptors (Lipinski definition) is 4. The standard InChI is InChI=1S/C18H30NO4/c1-2-3-4-5-9-12-15-18(21)17(19(22)23)14-11-8-6-7-10-13-16-20/h17-18,21H,2-8,10-11,13-15H2,1H3. The van der Waals surface area contributed by atoms with Crippen molar-refractivity contribution in [1.29, 1.82) is 0 Å². The summed E-state index contributed by atoms with van der Waals surface area (Å²) in [4.78, 5) is 20.7. The van der Waals surface area contributed by atoms with E-state index in [0.29, 0.717) is 12.8 Å². The quantitative estimate of drug-likeness (QED) is 0.228. The van der Waals surface area contributed by atoms with Gasteiger partial charge in [0.05, 0.1) is 0 Å². The van der Waals surface area contributed by atoms with Crippen LogP contribution in [0.4, 0.5) is 0 Å². The normalized spacial score (nSPS) is 13.0. The second kappa shape index (κ2) is 15.5. The van der Waals surface area contributed by atoms with E-state index in [1.807, 2.05) is 6.29 Å². The third-order valence-corrected chi connectivity index (χ3v) is 3.84. The first-order valence-corrected chi connectivity index (χ1v) is 8.75. The van der Waals surface area contributed by atoms with Crippen molar-refractivity contribution in [3.63, 3.8) is 0 Å². The first kappa shape index (κ1) is 21.6. The van der Waals surface area contributed by atoms with E-state index in [0.717, 1.165) is 57.8 Å². The van der Waals surface area contributed by atoms with Crippen molar-refractivity contribution in [3.05, 3.63) is 10.1 Å². The van der Waals surface area contributed by atoms with Crippen molar-refractivity contribution in [1.82, 2.24) is 0 Å². The highest BCUT2D eigenvalue weighted by atomic mass is 16.6. The van der Waals surface area contributed by atoms with Gasteiger partial charge in [-0.15, -0.1) is 11.8 Å². The summed E-state index contributed by atoms with van der Waals surface area (Å²) in [5.41, 5.74) is 0. The fourth-order valence-electron chi connectivity index (χ4n) is 2.38. The van der Waals surface area contributed by atoms with Crippen molar-refractivity contribution in [2.75, 3.05) is 0 Å². The number of nitro groups is 1. The molecule has 5 heteroatoms. The van der Waals surface area contributed by atoms with Gasteiger partial charge in [0.2, 0.25) is 6.04 Å². The van der Waals surface area contributed by atoms with Gasteiger partial charge in [-0.1, -0.05) is 39.0 Å². The molecule has 0 aromatic heterocycles. The van der Waals surface area contributed by atoms with Crippen LogP contribution in [-0.4, -0.2) is 28.5 Å². The third kappa shape index (κ3) is 12.8. The number of rotatable bonds is 14. The van der Waals surface area contributed by atoms with Crippen LogP contribution in [0, 0.1) is 22.0 Å². The Balaban J connectivity index is 3.94. The molecule has 0 saturated carbocycles. The van der Waals surface area contributed by atoms with E-state index < -0.39 is 12.1 Å². The molecule has 0 fully saturated rings. The van der Waals surface area contributed by atoms with Crippen LogP contribution in [0.3, 0.4) is 0 Å². The third-order valence-electron chi connectivity index (χ3n) is 3.84. The highest BCUT2D eigenvalue weighted by Gasteiger charge is 2.28. The Bertz CT molecular complexity index is 373. The zero-order valence-corrected chi connectivity index (χ0v) is 14.3. The summed E-state index contributed by atoms with van der Waals surface area (Å²) in [7, 11) is 0. The summed E-state index contributed by atoms with van der Waals surface area (Å²) in [6, 6.07) is -0.928. The smallest absolute Gasteiger partial charge is 0.239 e. The lowest BCUT2D eigenvalue weighted by molar-refractivity contribution is -0.535. The number of aliphatic hydroxyl groups excluding tert-OH is 1. The number of nitrogens with zero attached hydrogens (tertiary/aromatic N) is 1. The minimum absolute atomic E-state index is 0.174. The Kier molecular flexibility index (Phi) is 14.5. The average Bonchev–Trinajstić information content (AvgIpc) is 2.52. The van der Waals surface area contributed by atoms with Crippen molar-refractivity contribution in [2.24, 2.45) is 0 Å². The summed E-state index contributed by atoms with van der Waals surface area (Å²) >= 11 is 0. The maximum Gasteiger partial charge on any atom is 0.239 e. The number of unbranched alkanes of at least 4 members (excludes halogenated alkanes) is 8. The van der Waals surface area contributed by atoms with E-state index in [1.165, 1.54) is 0 Å². The summed E-state index contributed by atoms with van der Waals surface area (Å²) in [6.07, 6.45) is 10.3. The molecule has 23 heavy (non-hydrogen) atoms. The van der Waals surface area contributed by atoms with E-state index >= 15 is 0 Å². The van der Waals surface area contributed by atoms with Crippen LogP contribution in [0.1, 0.15) is 84.0 Å². The maximum absolute atomic E-state index is 11.1. The number of aliphatic hydroxyl groups is 1. The fraction of sp³-hybridized carbons (Fsp3) is 0.833. The lowest BCUT2D eigenvalue weighted by Gasteiger charge is -2.13. The van der Waals surface area contributed by atoms with Gasteiger partial charge in [-0.25, -0.2) is 0 Å². The first-order valence-electron chi connectivity index (χ1n) is 8.75. The topological polar surface area (TPSA) is 80.4 Å². The van der Waals surface area contributed by atoms with E-state index in [1.54, 1.807) is 0 Å². The van der Waals surface area contributed by atoms with Crippen LogP contribution in [-0.2, 0) is 4.79 Å². The van der Waals surface area contributed by atoms with Gasteiger partial charge >= 0.3 is 0 Å². The molecule has 2 atom stereocenters. The van der Waals surface area contributed by atoms with Crippen molar-refractivity contribution >= 4 is 6.29 Å². The number of hydrogen-bond donors (Lipinski definition) is 1. The maximum atomic E-state index is 11.1. The molecule has 1 radical (unpaired) electrons. The molecule has 0 aliphatic heterocycles. The van der Waals surface area contributed by atoms with Crippen molar-refractivity contribution < 1.29 is 14.8 Å². The number of carbonyl (C=O) groups excluding carboxylic acids is 1. The molecular formula is C18H30NO4. The summed E-state index contributed by atoms with van der Waals surface area (Å²) in [5.74, 6) is 5.84. The minimum atomic E-state index is -0.992. The van der Waals surface area contributed by atoms with E-state index in [4.69, 9.17) is 0 Å². The van der Waals surface area contributed by atoms with Gasteiger partial charge in [0.25, 0.3) is 0 Å². The minimum Gasteiger partial charge on any atom is -0.385 e. The lowest BCUT2D eigenvalue weighted by Crippen LogP contribution is -2.33. The van der Waals surface area contributed by atoms with E-state index in [-0.39, 0.29) is 11.3 Å². The molecule has 0 aliphatic rings. The molecule has 0 aromatic carbocycles.